The summed E-state index contributed by atoms with van der Waals surface area (Å²) in [5.74, 6) is -0.302. The van der Waals surface area contributed by atoms with E-state index in [0.29, 0.717) is 23.4 Å². The van der Waals surface area contributed by atoms with Crippen LogP contribution in [0.5, 0.6) is 0 Å². The lowest BCUT2D eigenvalue weighted by molar-refractivity contribution is -0.117. The van der Waals surface area contributed by atoms with Crippen molar-refractivity contribution in [1.29, 1.82) is 5.41 Å². The van der Waals surface area contributed by atoms with E-state index in [1.165, 1.54) is 31.0 Å². The summed E-state index contributed by atoms with van der Waals surface area (Å²) in [6.45, 7) is 23.5. The van der Waals surface area contributed by atoms with Gasteiger partial charge >= 0.3 is 0 Å². The normalized spacial score (nSPS) is 13.9. The fourth-order valence-electron chi connectivity index (χ4n) is 4.81. The molecular formula is C37H51N5O2. The number of allylic oxidation sites excluding steroid dienone is 3. The summed E-state index contributed by atoms with van der Waals surface area (Å²) in [6, 6.07) is 12.2. The fourth-order valence-corrected chi connectivity index (χ4v) is 4.81. The smallest absolute Gasteiger partial charge is 0.255 e. The molecule has 1 aliphatic heterocycles. The summed E-state index contributed by atoms with van der Waals surface area (Å²) in [6.07, 6.45) is 9.93. The maximum atomic E-state index is 13.4. The number of aryl methyl sites for hydroxylation is 1. The van der Waals surface area contributed by atoms with Crippen LogP contribution in [-0.2, 0) is 16.8 Å². The van der Waals surface area contributed by atoms with Crippen LogP contribution in [0.3, 0.4) is 0 Å². The highest BCUT2D eigenvalue weighted by molar-refractivity contribution is 6.06. The zero-order valence-corrected chi connectivity index (χ0v) is 27.6. The second kappa shape index (κ2) is 17.9. The molecule has 0 unspecified atom stereocenters. The van der Waals surface area contributed by atoms with Crippen molar-refractivity contribution in [1.82, 2.24) is 10.2 Å². The zero-order valence-electron chi connectivity index (χ0n) is 27.6. The molecule has 0 bridgehead atoms. The number of carbonyl (C=O) groups is 2. The van der Waals surface area contributed by atoms with E-state index >= 15 is 0 Å². The van der Waals surface area contributed by atoms with Crippen LogP contribution in [-0.4, -0.2) is 54.8 Å². The summed E-state index contributed by atoms with van der Waals surface area (Å²) < 4.78 is 0. The Morgan fingerprint density at radius 2 is 1.77 bits per heavy atom. The van der Waals surface area contributed by atoms with Gasteiger partial charge < -0.3 is 16.0 Å². The van der Waals surface area contributed by atoms with Crippen LogP contribution in [0.15, 0.2) is 78.3 Å². The number of likely N-dealkylation sites (N-methyl/N-ethyl adjacent to an activating group) is 1. The summed E-state index contributed by atoms with van der Waals surface area (Å²) in [4.78, 5) is 32.5. The number of anilines is 1. The van der Waals surface area contributed by atoms with Crippen molar-refractivity contribution in [2.45, 2.75) is 72.8 Å². The van der Waals surface area contributed by atoms with Crippen LogP contribution in [0, 0.1) is 12.3 Å². The predicted octanol–water partition coefficient (Wildman–Crippen LogP) is 7.41. The lowest BCUT2D eigenvalue weighted by Gasteiger charge is -2.28. The Kier molecular flexibility index (Phi) is 14.7. The molecule has 3 N–H and O–H groups in total. The SMILES string of the molecule is C=C(CN=C(C)c1cc(NC(=O)c2cc(CN3CCCCC3)cc(C(C)(C)C)c2)ccc1C)C(=O)NCC.C=C/C=C\C=N. The molecule has 3 rings (SSSR count). The van der Waals surface area contributed by atoms with E-state index in [9.17, 15) is 9.59 Å². The van der Waals surface area contributed by atoms with Crippen molar-refractivity contribution in [3.63, 3.8) is 0 Å². The Bertz CT molecular complexity index is 1360. The van der Waals surface area contributed by atoms with E-state index in [4.69, 9.17) is 5.41 Å². The first-order chi connectivity index (χ1) is 20.9. The first kappa shape index (κ1) is 36.1. The topological polar surface area (TPSA) is 97.7 Å². The van der Waals surface area contributed by atoms with Crippen LogP contribution >= 0.6 is 0 Å². The molecule has 1 saturated heterocycles. The Balaban J connectivity index is 0.00000102. The van der Waals surface area contributed by atoms with Gasteiger partial charge in [-0.15, -0.1) is 0 Å². The minimum atomic E-state index is -0.182. The number of piperidine rings is 1. The number of nitrogens with zero attached hydrogens (tertiary/aromatic N) is 2. The molecule has 1 fully saturated rings. The molecule has 2 aromatic rings. The average Bonchev–Trinajstić information content (AvgIpc) is 2.99. The summed E-state index contributed by atoms with van der Waals surface area (Å²) >= 11 is 0. The number of aliphatic imine (C=N–C) groups is 1. The maximum Gasteiger partial charge on any atom is 0.255 e. The van der Waals surface area contributed by atoms with Gasteiger partial charge in [-0.1, -0.05) is 64.6 Å². The number of hydrogen-bond acceptors (Lipinski definition) is 5. The third-order valence-corrected chi connectivity index (χ3v) is 7.37. The van der Waals surface area contributed by atoms with Gasteiger partial charge in [-0.3, -0.25) is 19.5 Å². The van der Waals surface area contributed by atoms with Gasteiger partial charge in [0.1, 0.15) is 0 Å². The van der Waals surface area contributed by atoms with Crippen molar-refractivity contribution in [2.75, 3.05) is 31.5 Å². The van der Waals surface area contributed by atoms with Crippen LogP contribution < -0.4 is 10.6 Å². The quantitative estimate of drug-likeness (QED) is 0.143. The van der Waals surface area contributed by atoms with Crippen LogP contribution in [0.4, 0.5) is 5.69 Å². The Morgan fingerprint density at radius 3 is 2.36 bits per heavy atom. The first-order valence-corrected chi connectivity index (χ1v) is 15.4. The molecule has 2 amide bonds. The molecule has 0 radical (unpaired) electrons. The Hall–Kier alpha value is -4.10. The molecule has 0 aliphatic carbocycles. The molecule has 0 saturated carbocycles. The summed E-state index contributed by atoms with van der Waals surface area (Å²) in [5.41, 5.74) is 6.88. The third kappa shape index (κ3) is 11.9. The lowest BCUT2D eigenvalue weighted by atomic mass is 9.84. The molecule has 0 spiro atoms. The largest absolute Gasteiger partial charge is 0.353 e. The number of likely N-dealkylation sites (tertiary alicyclic amines) is 1. The molecule has 1 aliphatic rings. The van der Waals surface area contributed by atoms with Gasteiger partial charge in [0.15, 0.2) is 0 Å². The molecule has 44 heavy (non-hydrogen) atoms. The van der Waals surface area contributed by atoms with E-state index in [1.807, 2.05) is 51.1 Å². The molecule has 2 aromatic carbocycles. The number of rotatable bonds is 11. The summed E-state index contributed by atoms with van der Waals surface area (Å²) in [5, 5.41) is 12.3. The standard InChI is InChI=1S/C32H44N4O2.C5H7N/c1-8-33-30(37)23(3)20-34-24(4)29-19-28(13-12-22(29)2)35-31(38)26-16-25(17-27(18-26)32(5,6)7)21-36-14-10-9-11-15-36;1-2-3-4-5-6/h12-13,16-19H,3,8-11,14-15,20-21H2,1-2,4-7H3,(H,33,37)(H,35,38);2-6H,1H2/b;4-3-,6-5?. The van der Waals surface area contributed by atoms with Crippen molar-refractivity contribution in [2.24, 2.45) is 4.99 Å². The Morgan fingerprint density at radius 1 is 1.07 bits per heavy atom. The van der Waals surface area contributed by atoms with Gasteiger partial charge in [0.25, 0.3) is 5.91 Å². The van der Waals surface area contributed by atoms with Gasteiger partial charge in [-0.05, 0) is 99.1 Å². The minimum absolute atomic E-state index is 0.0599. The number of hydrogen-bond donors (Lipinski definition) is 3. The number of benzene rings is 2. The molecule has 7 nitrogen and oxygen atoms in total. The highest BCUT2D eigenvalue weighted by Crippen LogP contribution is 2.27. The van der Waals surface area contributed by atoms with Gasteiger partial charge in [-0.2, -0.15) is 0 Å². The highest BCUT2D eigenvalue weighted by Gasteiger charge is 2.20. The fraction of sp³-hybridized carbons (Fsp3) is 0.405. The lowest BCUT2D eigenvalue weighted by Crippen LogP contribution is -2.29. The van der Waals surface area contributed by atoms with Crippen molar-refractivity contribution in [3.05, 3.63) is 101 Å². The van der Waals surface area contributed by atoms with Crippen LogP contribution in [0.25, 0.3) is 0 Å². The van der Waals surface area contributed by atoms with Gasteiger partial charge in [0.05, 0.1) is 6.54 Å². The number of amides is 2. The molecule has 0 atom stereocenters. The van der Waals surface area contributed by atoms with Crippen LogP contribution in [0.2, 0.25) is 0 Å². The third-order valence-electron chi connectivity index (χ3n) is 7.37. The van der Waals surface area contributed by atoms with E-state index in [1.54, 1.807) is 18.2 Å². The molecule has 0 aromatic heterocycles. The van der Waals surface area contributed by atoms with E-state index in [2.05, 4.69) is 60.5 Å². The predicted molar refractivity (Wildman–Crippen MR) is 186 cm³/mol. The molecule has 1 heterocycles. The van der Waals surface area contributed by atoms with Gasteiger partial charge in [-0.25, -0.2) is 0 Å². The zero-order chi connectivity index (χ0) is 32.7. The van der Waals surface area contributed by atoms with Gasteiger partial charge in [0, 0.05) is 47.4 Å². The van der Waals surface area contributed by atoms with Crippen molar-refractivity contribution < 1.29 is 9.59 Å². The van der Waals surface area contributed by atoms with E-state index < -0.39 is 0 Å². The van der Waals surface area contributed by atoms with Crippen molar-refractivity contribution in [3.8, 4) is 0 Å². The van der Waals surface area contributed by atoms with Gasteiger partial charge in [0.2, 0.25) is 5.91 Å². The second-order valence-electron chi connectivity index (χ2n) is 12.1. The summed E-state index contributed by atoms with van der Waals surface area (Å²) in [7, 11) is 0. The Labute approximate surface area is 264 Å². The monoisotopic (exact) mass is 597 g/mol. The van der Waals surface area contributed by atoms with E-state index in [-0.39, 0.29) is 23.8 Å². The molecular weight excluding hydrogens is 546 g/mol. The number of carbonyl (C=O) groups excluding carboxylic acids is 2. The average molecular weight is 598 g/mol. The minimum Gasteiger partial charge on any atom is -0.353 e. The number of nitrogens with one attached hydrogen (secondary N) is 3. The molecule has 236 valence electrons. The highest BCUT2D eigenvalue weighted by atomic mass is 16.2. The van der Waals surface area contributed by atoms with Crippen molar-refractivity contribution >= 4 is 29.4 Å². The second-order valence-corrected chi connectivity index (χ2v) is 12.1. The van der Waals surface area contributed by atoms with Crippen LogP contribution in [0.1, 0.15) is 86.5 Å². The molecule has 7 heteroatoms. The van der Waals surface area contributed by atoms with E-state index in [0.717, 1.165) is 42.0 Å². The maximum absolute atomic E-state index is 13.4. The first-order valence-electron chi connectivity index (χ1n) is 15.4.